The van der Waals surface area contributed by atoms with E-state index in [-0.39, 0.29) is 5.54 Å². The van der Waals surface area contributed by atoms with Crippen LogP contribution >= 0.6 is 0 Å². The van der Waals surface area contributed by atoms with Crippen LogP contribution in [0.4, 0.5) is 0 Å². The molecule has 98 valence electrons. The molecule has 0 amide bonds. The fraction of sp³-hybridized carbons (Fsp3) is 1.00. The van der Waals surface area contributed by atoms with E-state index in [4.69, 9.17) is 5.73 Å². The van der Waals surface area contributed by atoms with E-state index >= 15 is 0 Å². The molecule has 16 heavy (non-hydrogen) atoms. The highest BCUT2D eigenvalue weighted by Gasteiger charge is 2.31. The predicted octanol–water partition coefficient (Wildman–Crippen LogP) is 3.40. The number of likely N-dealkylation sites (N-methyl/N-ethyl adjacent to an activating group) is 1. The van der Waals surface area contributed by atoms with E-state index in [1.54, 1.807) is 0 Å². The van der Waals surface area contributed by atoms with Crippen LogP contribution < -0.4 is 5.73 Å². The minimum atomic E-state index is 0.157. The van der Waals surface area contributed by atoms with Crippen molar-refractivity contribution in [3.63, 3.8) is 0 Å². The fourth-order valence-corrected chi connectivity index (χ4v) is 2.19. The molecule has 0 saturated carbocycles. The second-order valence-corrected chi connectivity index (χ2v) is 5.41. The summed E-state index contributed by atoms with van der Waals surface area (Å²) in [6.07, 6.45) is 8.96. The summed E-state index contributed by atoms with van der Waals surface area (Å²) in [7, 11) is 4.28. The van der Waals surface area contributed by atoms with Gasteiger partial charge in [-0.05, 0) is 33.9 Å². The van der Waals surface area contributed by atoms with Gasteiger partial charge in [0, 0.05) is 11.6 Å². The van der Waals surface area contributed by atoms with Crippen LogP contribution in [0.25, 0.3) is 0 Å². The monoisotopic (exact) mass is 228 g/mol. The van der Waals surface area contributed by atoms with Crippen LogP contribution in [0, 0.1) is 0 Å². The molecular formula is C14H32N2. The Morgan fingerprint density at radius 1 is 1.06 bits per heavy atom. The number of nitrogens with two attached hydrogens (primary N) is 1. The summed E-state index contributed by atoms with van der Waals surface area (Å²) in [6, 6.07) is 0.300. The maximum Gasteiger partial charge on any atom is 0.0323 e. The van der Waals surface area contributed by atoms with Crippen LogP contribution in [0.3, 0.4) is 0 Å². The molecule has 2 heteroatoms. The number of hydrogen-bond acceptors (Lipinski definition) is 2. The van der Waals surface area contributed by atoms with Gasteiger partial charge < -0.3 is 10.6 Å². The molecule has 0 radical (unpaired) electrons. The highest BCUT2D eigenvalue weighted by molar-refractivity contribution is 4.91. The van der Waals surface area contributed by atoms with Crippen molar-refractivity contribution in [2.75, 3.05) is 14.1 Å². The minimum Gasteiger partial charge on any atom is -0.326 e. The number of unbranched alkanes of at least 4 members (excludes halogenated alkanes) is 4. The van der Waals surface area contributed by atoms with E-state index in [0.717, 1.165) is 12.8 Å². The summed E-state index contributed by atoms with van der Waals surface area (Å²) >= 11 is 0. The first-order chi connectivity index (χ1) is 7.49. The van der Waals surface area contributed by atoms with Gasteiger partial charge in [0.1, 0.15) is 0 Å². The Bertz CT molecular complexity index is 168. The topological polar surface area (TPSA) is 29.3 Å². The van der Waals surface area contributed by atoms with Gasteiger partial charge in [-0.1, -0.05) is 46.0 Å². The summed E-state index contributed by atoms with van der Waals surface area (Å²) in [5.41, 5.74) is 6.49. The van der Waals surface area contributed by atoms with Crippen molar-refractivity contribution >= 4 is 0 Å². The van der Waals surface area contributed by atoms with Gasteiger partial charge in [0.05, 0.1) is 0 Å². The smallest absolute Gasteiger partial charge is 0.0323 e. The first kappa shape index (κ1) is 15.9. The number of hydrogen-bond donors (Lipinski definition) is 1. The molecule has 0 aliphatic heterocycles. The first-order valence-electron chi connectivity index (χ1n) is 6.92. The summed E-state index contributed by atoms with van der Waals surface area (Å²) < 4.78 is 0. The lowest BCUT2D eigenvalue weighted by Gasteiger charge is -2.41. The normalized spacial score (nSPS) is 17.4. The average Bonchev–Trinajstić information content (AvgIpc) is 2.27. The van der Waals surface area contributed by atoms with Gasteiger partial charge in [0.15, 0.2) is 0 Å². The summed E-state index contributed by atoms with van der Waals surface area (Å²) in [6.45, 7) is 6.77. The Kier molecular flexibility index (Phi) is 8.04. The summed E-state index contributed by atoms with van der Waals surface area (Å²) in [5.74, 6) is 0. The number of nitrogens with zero attached hydrogens (tertiary/aromatic N) is 1. The van der Waals surface area contributed by atoms with Gasteiger partial charge in [-0.2, -0.15) is 0 Å². The van der Waals surface area contributed by atoms with Crippen molar-refractivity contribution in [2.24, 2.45) is 5.73 Å². The van der Waals surface area contributed by atoms with Crippen molar-refractivity contribution in [3.05, 3.63) is 0 Å². The molecule has 0 rings (SSSR count). The minimum absolute atomic E-state index is 0.157. The van der Waals surface area contributed by atoms with Crippen LogP contribution in [-0.4, -0.2) is 30.6 Å². The zero-order valence-electron chi connectivity index (χ0n) is 12.1. The van der Waals surface area contributed by atoms with Crippen molar-refractivity contribution < 1.29 is 0 Å². The van der Waals surface area contributed by atoms with Gasteiger partial charge in [-0.15, -0.1) is 0 Å². The largest absolute Gasteiger partial charge is 0.326 e. The molecule has 2 unspecified atom stereocenters. The lowest BCUT2D eigenvalue weighted by atomic mass is 9.85. The van der Waals surface area contributed by atoms with Crippen LogP contribution in [0.15, 0.2) is 0 Å². The molecule has 0 saturated heterocycles. The molecule has 0 aromatic carbocycles. The molecule has 0 aliphatic carbocycles. The van der Waals surface area contributed by atoms with E-state index in [1.807, 2.05) is 0 Å². The third kappa shape index (κ3) is 4.84. The van der Waals surface area contributed by atoms with Gasteiger partial charge in [0.25, 0.3) is 0 Å². The van der Waals surface area contributed by atoms with Gasteiger partial charge in [-0.3, -0.25) is 0 Å². The van der Waals surface area contributed by atoms with Crippen LogP contribution in [0.1, 0.15) is 65.7 Å². The molecule has 2 nitrogen and oxygen atoms in total. The van der Waals surface area contributed by atoms with Crippen LogP contribution in [0.5, 0.6) is 0 Å². The first-order valence-corrected chi connectivity index (χ1v) is 6.92. The zero-order valence-corrected chi connectivity index (χ0v) is 12.1. The van der Waals surface area contributed by atoms with Crippen molar-refractivity contribution in [2.45, 2.75) is 77.3 Å². The summed E-state index contributed by atoms with van der Waals surface area (Å²) in [4.78, 5) is 2.28. The third-order valence-electron chi connectivity index (χ3n) is 4.15. The lowest BCUT2D eigenvalue weighted by Crippen LogP contribution is -2.54. The molecule has 0 aliphatic rings. The molecular weight excluding hydrogens is 196 g/mol. The van der Waals surface area contributed by atoms with Gasteiger partial charge in [0.2, 0.25) is 0 Å². The fourth-order valence-electron chi connectivity index (χ4n) is 2.19. The lowest BCUT2D eigenvalue weighted by molar-refractivity contribution is 0.126. The average molecular weight is 228 g/mol. The van der Waals surface area contributed by atoms with E-state index in [2.05, 4.69) is 39.8 Å². The second-order valence-electron chi connectivity index (χ2n) is 5.41. The Labute approximate surface area is 103 Å². The highest BCUT2D eigenvalue weighted by Crippen LogP contribution is 2.23. The standard InChI is InChI=1S/C14H32N2/c1-6-8-9-10-11-12-13(15)14(3,7-2)16(4)5/h13H,6-12,15H2,1-5H3. The molecule has 0 bridgehead atoms. The Morgan fingerprint density at radius 2 is 1.62 bits per heavy atom. The molecule has 0 heterocycles. The maximum absolute atomic E-state index is 6.34. The van der Waals surface area contributed by atoms with E-state index < -0.39 is 0 Å². The maximum atomic E-state index is 6.34. The van der Waals surface area contributed by atoms with Gasteiger partial charge >= 0.3 is 0 Å². The Balaban J connectivity index is 3.89. The van der Waals surface area contributed by atoms with E-state index in [9.17, 15) is 0 Å². The van der Waals surface area contributed by atoms with E-state index in [0.29, 0.717) is 6.04 Å². The SMILES string of the molecule is CCCCCCCC(N)C(C)(CC)N(C)C. The van der Waals surface area contributed by atoms with Gasteiger partial charge in [-0.25, -0.2) is 0 Å². The molecule has 0 fully saturated rings. The van der Waals surface area contributed by atoms with Crippen molar-refractivity contribution in [1.29, 1.82) is 0 Å². The zero-order chi connectivity index (χ0) is 12.6. The summed E-state index contributed by atoms with van der Waals surface area (Å²) in [5, 5.41) is 0. The Hall–Kier alpha value is -0.0800. The molecule has 0 aromatic rings. The third-order valence-corrected chi connectivity index (χ3v) is 4.15. The predicted molar refractivity (Wildman–Crippen MR) is 73.7 cm³/mol. The molecule has 2 atom stereocenters. The van der Waals surface area contributed by atoms with Crippen LogP contribution in [0.2, 0.25) is 0 Å². The molecule has 0 aromatic heterocycles. The molecule has 2 N–H and O–H groups in total. The Morgan fingerprint density at radius 3 is 2.06 bits per heavy atom. The number of rotatable bonds is 9. The second kappa shape index (κ2) is 8.08. The van der Waals surface area contributed by atoms with Crippen LogP contribution in [-0.2, 0) is 0 Å². The quantitative estimate of drug-likeness (QED) is 0.613. The highest BCUT2D eigenvalue weighted by atomic mass is 15.2. The van der Waals surface area contributed by atoms with Crippen molar-refractivity contribution in [1.82, 2.24) is 4.90 Å². The molecule has 0 spiro atoms. The van der Waals surface area contributed by atoms with E-state index in [1.165, 1.54) is 32.1 Å². The van der Waals surface area contributed by atoms with Crippen molar-refractivity contribution in [3.8, 4) is 0 Å².